The Hall–Kier alpha value is -0.900. The highest BCUT2D eigenvalue weighted by Gasteiger charge is 2.25. The zero-order valence-electron chi connectivity index (χ0n) is 7.37. The van der Waals surface area contributed by atoms with E-state index in [1.807, 2.05) is 6.20 Å². The highest BCUT2D eigenvalue weighted by molar-refractivity contribution is 9.10. The number of rotatable bonds is 1. The number of imidazole rings is 1. The van der Waals surface area contributed by atoms with Gasteiger partial charge in [0.2, 0.25) is 0 Å². The zero-order chi connectivity index (χ0) is 9.71. The summed E-state index contributed by atoms with van der Waals surface area (Å²) in [6.07, 6.45) is 5.94. The molecule has 14 heavy (non-hydrogen) atoms. The minimum absolute atomic E-state index is 0.236. The summed E-state index contributed by atoms with van der Waals surface area (Å²) in [6, 6.07) is 1.60. The van der Waals surface area contributed by atoms with Crippen molar-refractivity contribution in [1.29, 1.82) is 0 Å². The van der Waals surface area contributed by atoms with Crippen molar-refractivity contribution in [2.24, 2.45) is 0 Å². The van der Waals surface area contributed by atoms with Crippen molar-refractivity contribution in [1.82, 2.24) is 9.38 Å². The van der Waals surface area contributed by atoms with E-state index in [-0.39, 0.29) is 5.82 Å². The van der Waals surface area contributed by atoms with E-state index in [2.05, 4.69) is 20.9 Å². The van der Waals surface area contributed by atoms with Gasteiger partial charge < -0.3 is 0 Å². The molecule has 2 aromatic rings. The van der Waals surface area contributed by atoms with Crippen molar-refractivity contribution >= 4 is 21.6 Å². The Kier molecular flexibility index (Phi) is 1.68. The molecule has 3 rings (SSSR count). The molecule has 0 spiro atoms. The van der Waals surface area contributed by atoms with E-state index in [4.69, 9.17) is 0 Å². The van der Waals surface area contributed by atoms with E-state index in [1.165, 1.54) is 12.8 Å². The van der Waals surface area contributed by atoms with Gasteiger partial charge in [-0.25, -0.2) is 9.37 Å². The highest BCUT2D eigenvalue weighted by Crippen LogP contribution is 2.40. The molecule has 2 nitrogen and oxygen atoms in total. The maximum atomic E-state index is 13.5. The Bertz CT molecular complexity index is 502. The molecule has 1 aliphatic carbocycles. The van der Waals surface area contributed by atoms with Crippen molar-refractivity contribution in [3.8, 4) is 0 Å². The second-order valence-corrected chi connectivity index (χ2v) is 4.48. The average molecular weight is 255 g/mol. The molecular formula is C10H8BrFN2. The monoisotopic (exact) mass is 254 g/mol. The van der Waals surface area contributed by atoms with Crippen LogP contribution in [0, 0.1) is 5.82 Å². The fourth-order valence-corrected chi connectivity index (χ4v) is 2.05. The van der Waals surface area contributed by atoms with Crippen LogP contribution in [0.15, 0.2) is 23.1 Å². The molecule has 0 unspecified atom stereocenters. The number of hydrogen-bond donors (Lipinski definition) is 0. The van der Waals surface area contributed by atoms with Crippen LogP contribution in [0.5, 0.6) is 0 Å². The third kappa shape index (κ3) is 1.17. The summed E-state index contributed by atoms with van der Waals surface area (Å²) >= 11 is 3.34. The lowest BCUT2D eigenvalue weighted by molar-refractivity contribution is 0.626. The van der Waals surface area contributed by atoms with Crippen LogP contribution >= 0.6 is 15.9 Å². The summed E-state index contributed by atoms with van der Waals surface area (Å²) in [5, 5.41) is 0. The molecule has 0 radical (unpaired) electrons. The number of nitrogens with zero attached hydrogens (tertiary/aromatic N) is 2. The van der Waals surface area contributed by atoms with E-state index in [0.29, 0.717) is 11.6 Å². The molecule has 1 fully saturated rings. The molecule has 0 N–H and O–H groups in total. The zero-order valence-corrected chi connectivity index (χ0v) is 8.96. The van der Waals surface area contributed by atoms with Crippen LogP contribution in [0.4, 0.5) is 4.39 Å². The van der Waals surface area contributed by atoms with Crippen LogP contribution in [0.2, 0.25) is 0 Å². The Morgan fingerprint density at radius 1 is 1.50 bits per heavy atom. The number of pyridine rings is 1. The van der Waals surface area contributed by atoms with Gasteiger partial charge in [-0.3, -0.25) is 4.40 Å². The van der Waals surface area contributed by atoms with Gasteiger partial charge in [-0.1, -0.05) is 0 Å². The quantitative estimate of drug-likeness (QED) is 0.765. The van der Waals surface area contributed by atoms with Crippen LogP contribution < -0.4 is 0 Å². The van der Waals surface area contributed by atoms with Gasteiger partial charge in [0.1, 0.15) is 4.60 Å². The molecule has 1 aliphatic rings. The van der Waals surface area contributed by atoms with Gasteiger partial charge >= 0.3 is 0 Å². The lowest BCUT2D eigenvalue weighted by atomic mass is 10.2. The minimum Gasteiger partial charge on any atom is -0.291 e. The topological polar surface area (TPSA) is 17.3 Å². The van der Waals surface area contributed by atoms with E-state index < -0.39 is 0 Å². The Labute approximate surface area is 88.9 Å². The molecule has 4 heteroatoms. The van der Waals surface area contributed by atoms with E-state index in [1.54, 1.807) is 16.7 Å². The molecule has 1 saturated carbocycles. The summed E-state index contributed by atoms with van der Waals surface area (Å²) in [5.41, 5.74) is 1.47. The maximum absolute atomic E-state index is 13.5. The summed E-state index contributed by atoms with van der Waals surface area (Å²) in [4.78, 5) is 3.98. The predicted octanol–water partition coefficient (Wildman–Crippen LogP) is 3.11. The van der Waals surface area contributed by atoms with Gasteiger partial charge in [0.05, 0.1) is 6.20 Å². The first kappa shape index (κ1) is 8.41. The summed E-state index contributed by atoms with van der Waals surface area (Å²) < 4.78 is 16.1. The van der Waals surface area contributed by atoms with Gasteiger partial charge in [0, 0.05) is 6.20 Å². The van der Waals surface area contributed by atoms with Gasteiger partial charge in [-0.15, -0.1) is 0 Å². The fourth-order valence-electron chi connectivity index (χ4n) is 1.68. The predicted molar refractivity (Wildman–Crippen MR) is 54.8 cm³/mol. The van der Waals surface area contributed by atoms with Crippen LogP contribution in [0.1, 0.15) is 24.3 Å². The second kappa shape index (κ2) is 2.79. The second-order valence-electron chi connectivity index (χ2n) is 3.67. The van der Waals surface area contributed by atoms with Crippen molar-refractivity contribution < 1.29 is 4.39 Å². The molecule has 0 aromatic carbocycles. The minimum atomic E-state index is -0.236. The average Bonchev–Trinajstić information content (AvgIpc) is 2.93. The van der Waals surface area contributed by atoms with Crippen LogP contribution in [0.3, 0.4) is 0 Å². The van der Waals surface area contributed by atoms with Crippen molar-refractivity contribution in [3.63, 3.8) is 0 Å². The Morgan fingerprint density at radius 2 is 2.29 bits per heavy atom. The summed E-state index contributed by atoms with van der Waals surface area (Å²) in [6.45, 7) is 0. The first-order valence-corrected chi connectivity index (χ1v) is 5.37. The first-order chi connectivity index (χ1) is 6.75. The molecule has 0 aliphatic heterocycles. The molecule has 0 saturated heterocycles. The number of halogens is 2. The van der Waals surface area contributed by atoms with Gasteiger partial charge in [-0.05, 0) is 46.3 Å². The van der Waals surface area contributed by atoms with E-state index in [9.17, 15) is 4.39 Å². The molecule has 72 valence electrons. The third-order valence-corrected chi connectivity index (χ3v) is 3.17. The van der Waals surface area contributed by atoms with E-state index >= 15 is 0 Å². The first-order valence-electron chi connectivity index (χ1n) is 4.58. The fraction of sp³-hybridized carbons (Fsp3) is 0.300. The lowest BCUT2D eigenvalue weighted by Gasteiger charge is -2.01. The largest absolute Gasteiger partial charge is 0.291 e. The number of aromatic nitrogens is 2. The van der Waals surface area contributed by atoms with Crippen LogP contribution in [-0.2, 0) is 0 Å². The summed E-state index contributed by atoms with van der Waals surface area (Å²) in [7, 11) is 0. The van der Waals surface area contributed by atoms with Crippen molar-refractivity contribution in [2.75, 3.05) is 0 Å². The van der Waals surface area contributed by atoms with Gasteiger partial charge in [0.15, 0.2) is 11.5 Å². The Balaban J connectivity index is 2.30. The molecule has 0 amide bonds. The number of fused-ring (bicyclic) bond motifs is 1. The molecular weight excluding hydrogens is 247 g/mol. The molecule has 0 atom stereocenters. The van der Waals surface area contributed by atoms with Gasteiger partial charge in [-0.2, -0.15) is 0 Å². The highest BCUT2D eigenvalue weighted by atomic mass is 79.9. The third-order valence-electron chi connectivity index (χ3n) is 2.59. The SMILES string of the molecule is Fc1cc(C2CC2)cn2c(Br)cnc12. The van der Waals surface area contributed by atoms with Crippen LogP contribution in [0.25, 0.3) is 5.65 Å². The maximum Gasteiger partial charge on any atom is 0.174 e. The van der Waals surface area contributed by atoms with E-state index in [0.717, 1.165) is 10.2 Å². The molecule has 0 bridgehead atoms. The normalized spacial score (nSPS) is 16.4. The smallest absolute Gasteiger partial charge is 0.174 e. The number of hydrogen-bond acceptors (Lipinski definition) is 1. The Morgan fingerprint density at radius 3 is 3.00 bits per heavy atom. The summed E-state index contributed by atoms with van der Waals surface area (Å²) in [5.74, 6) is 0.323. The molecule has 2 aromatic heterocycles. The van der Waals surface area contributed by atoms with Crippen LogP contribution in [-0.4, -0.2) is 9.38 Å². The van der Waals surface area contributed by atoms with Crippen molar-refractivity contribution in [3.05, 3.63) is 34.4 Å². The van der Waals surface area contributed by atoms with Gasteiger partial charge in [0.25, 0.3) is 0 Å². The lowest BCUT2D eigenvalue weighted by Crippen LogP contribution is -1.93. The van der Waals surface area contributed by atoms with Crippen molar-refractivity contribution in [2.45, 2.75) is 18.8 Å². The molecule has 2 heterocycles. The standard InChI is InChI=1S/C10H8BrFN2/c11-9-4-13-10-8(12)3-7(5-14(9)10)6-1-2-6/h3-6H,1-2H2.